The highest BCUT2D eigenvalue weighted by Crippen LogP contribution is 2.32. The van der Waals surface area contributed by atoms with Crippen molar-refractivity contribution in [3.05, 3.63) is 66.0 Å². The van der Waals surface area contributed by atoms with E-state index in [2.05, 4.69) is 5.32 Å². The quantitative estimate of drug-likeness (QED) is 0.494. The molecule has 0 saturated heterocycles. The Morgan fingerprint density at radius 2 is 1.67 bits per heavy atom. The van der Waals surface area contributed by atoms with Crippen molar-refractivity contribution >= 4 is 22.7 Å². The highest BCUT2D eigenvalue weighted by Gasteiger charge is 2.29. The molecule has 158 valence electrons. The van der Waals surface area contributed by atoms with E-state index < -0.39 is 23.9 Å². The van der Waals surface area contributed by atoms with Crippen molar-refractivity contribution in [1.82, 2.24) is 9.88 Å². The van der Waals surface area contributed by atoms with Gasteiger partial charge >= 0.3 is 11.9 Å². The average Bonchev–Trinajstić information content (AvgIpc) is 3.06. The standard InChI is InChI=1S/C24H28N2O4/c1-15(2)12-20(24(29)30)25-13-19(23(27)28)22-18-10-6-5-9-17(18)14-26(22)21-11-7-4-8-16(21)3/h4-11,14-15,19-20,25H,12-13H2,1-3H3,(H,27,28)(H,29,30). The molecule has 2 unspecified atom stereocenters. The second kappa shape index (κ2) is 9.13. The first-order chi connectivity index (χ1) is 14.3. The summed E-state index contributed by atoms with van der Waals surface area (Å²) in [6.07, 6.45) is 2.38. The molecule has 1 aromatic heterocycles. The molecule has 0 radical (unpaired) electrons. The zero-order valence-electron chi connectivity index (χ0n) is 17.5. The first-order valence-electron chi connectivity index (χ1n) is 10.1. The predicted octanol–water partition coefficient (Wildman–Crippen LogP) is 4.20. The van der Waals surface area contributed by atoms with Crippen LogP contribution < -0.4 is 5.32 Å². The molecule has 6 nitrogen and oxygen atoms in total. The molecule has 0 aliphatic rings. The maximum Gasteiger partial charge on any atom is 0.320 e. The normalized spacial score (nSPS) is 13.5. The summed E-state index contributed by atoms with van der Waals surface area (Å²) >= 11 is 0. The van der Waals surface area contributed by atoms with Gasteiger partial charge in [-0.15, -0.1) is 0 Å². The fraction of sp³-hybridized carbons (Fsp3) is 0.333. The molecule has 3 N–H and O–H groups in total. The Kier molecular flexibility index (Phi) is 6.57. The molecule has 6 heteroatoms. The van der Waals surface area contributed by atoms with E-state index in [9.17, 15) is 19.8 Å². The molecular weight excluding hydrogens is 380 g/mol. The summed E-state index contributed by atoms with van der Waals surface area (Å²) in [5.74, 6) is -2.68. The van der Waals surface area contributed by atoms with Gasteiger partial charge in [0.25, 0.3) is 0 Å². The van der Waals surface area contributed by atoms with Gasteiger partial charge < -0.3 is 20.1 Å². The van der Waals surface area contributed by atoms with Gasteiger partial charge in [0.2, 0.25) is 0 Å². The van der Waals surface area contributed by atoms with E-state index in [0.29, 0.717) is 12.1 Å². The number of aliphatic carboxylic acids is 2. The number of hydrogen-bond donors (Lipinski definition) is 3. The molecule has 3 rings (SSSR count). The van der Waals surface area contributed by atoms with Crippen molar-refractivity contribution in [2.75, 3.05) is 6.54 Å². The number of nitrogens with one attached hydrogen (secondary N) is 1. The molecule has 0 spiro atoms. The lowest BCUT2D eigenvalue weighted by Gasteiger charge is -2.22. The summed E-state index contributed by atoms with van der Waals surface area (Å²) in [4.78, 5) is 23.9. The number of aromatic nitrogens is 1. The van der Waals surface area contributed by atoms with Gasteiger partial charge in [0, 0.05) is 34.9 Å². The zero-order valence-corrected chi connectivity index (χ0v) is 17.5. The predicted molar refractivity (Wildman–Crippen MR) is 117 cm³/mol. The Labute approximate surface area is 176 Å². The van der Waals surface area contributed by atoms with Crippen molar-refractivity contribution in [3.8, 4) is 5.69 Å². The third-order valence-electron chi connectivity index (χ3n) is 5.34. The summed E-state index contributed by atoms with van der Waals surface area (Å²) in [5.41, 5.74) is 2.58. The number of aryl methyl sites for hydroxylation is 1. The Hall–Kier alpha value is -3.12. The van der Waals surface area contributed by atoms with Crippen LogP contribution >= 0.6 is 0 Å². The highest BCUT2D eigenvalue weighted by molar-refractivity contribution is 5.91. The molecule has 0 bridgehead atoms. The number of carbonyl (C=O) groups is 2. The van der Waals surface area contributed by atoms with E-state index in [0.717, 1.165) is 22.0 Å². The summed E-state index contributed by atoms with van der Waals surface area (Å²) in [6.45, 7) is 5.91. The van der Waals surface area contributed by atoms with Crippen molar-refractivity contribution in [1.29, 1.82) is 0 Å². The van der Waals surface area contributed by atoms with Crippen LogP contribution in [-0.4, -0.2) is 39.3 Å². The van der Waals surface area contributed by atoms with E-state index in [-0.39, 0.29) is 12.5 Å². The van der Waals surface area contributed by atoms with Crippen LogP contribution in [0.3, 0.4) is 0 Å². The molecule has 2 atom stereocenters. The van der Waals surface area contributed by atoms with Crippen LogP contribution in [0.4, 0.5) is 0 Å². The minimum absolute atomic E-state index is 0.0267. The number of fused-ring (bicyclic) bond motifs is 1. The van der Waals surface area contributed by atoms with E-state index >= 15 is 0 Å². The third kappa shape index (κ3) is 4.54. The van der Waals surface area contributed by atoms with Crippen molar-refractivity contribution in [2.24, 2.45) is 5.92 Å². The molecule has 30 heavy (non-hydrogen) atoms. The van der Waals surface area contributed by atoms with Gasteiger partial charge in [-0.25, -0.2) is 0 Å². The van der Waals surface area contributed by atoms with Crippen LogP contribution in [-0.2, 0) is 9.59 Å². The minimum atomic E-state index is -0.991. The summed E-state index contributed by atoms with van der Waals surface area (Å²) in [6, 6.07) is 14.7. The van der Waals surface area contributed by atoms with Gasteiger partial charge in [-0.2, -0.15) is 0 Å². The second-order valence-corrected chi connectivity index (χ2v) is 8.08. The SMILES string of the molecule is Cc1ccccc1-n1cc2ccccc2c1C(CNC(CC(C)C)C(=O)O)C(=O)O. The largest absolute Gasteiger partial charge is 0.481 e. The van der Waals surface area contributed by atoms with Crippen LogP contribution in [0.25, 0.3) is 16.5 Å². The van der Waals surface area contributed by atoms with Gasteiger partial charge in [-0.05, 0) is 30.9 Å². The smallest absolute Gasteiger partial charge is 0.320 e. The summed E-state index contributed by atoms with van der Waals surface area (Å²) in [7, 11) is 0. The molecule has 1 heterocycles. The maximum atomic E-state index is 12.3. The number of para-hydroxylation sites is 1. The van der Waals surface area contributed by atoms with Crippen LogP contribution in [0, 0.1) is 12.8 Å². The van der Waals surface area contributed by atoms with E-state index in [1.807, 2.05) is 80.1 Å². The molecular formula is C24H28N2O4. The summed E-state index contributed by atoms with van der Waals surface area (Å²) < 4.78 is 1.93. The summed E-state index contributed by atoms with van der Waals surface area (Å²) in [5, 5.41) is 24.4. The number of hydrogen-bond acceptors (Lipinski definition) is 3. The Balaban J connectivity index is 2.07. The van der Waals surface area contributed by atoms with Gasteiger partial charge in [-0.1, -0.05) is 56.3 Å². The van der Waals surface area contributed by atoms with Crippen LogP contribution in [0.2, 0.25) is 0 Å². The fourth-order valence-electron chi connectivity index (χ4n) is 3.87. The molecule has 0 saturated carbocycles. The molecule has 2 aromatic carbocycles. The van der Waals surface area contributed by atoms with Gasteiger partial charge in [0.1, 0.15) is 12.0 Å². The van der Waals surface area contributed by atoms with Crippen LogP contribution in [0.15, 0.2) is 54.7 Å². The number of benzene rings is 2. The third-order valence-corrected chi connectivity index (χ3v) is 5.34. The van der Waals surface area contributed by atoms with E-state index in [1.54, 1.807) is 0 Å². The lowest BCUT2D eigenvalue weighted by molar-refractivity contribution is -0.142. The first-order valence-corrected chi connectivity index (χ1v) is 10.1. The van der Waals surface area contributed by atoms with Crippen LogP contribution in [0.5, 0.6) is 0 Å². The van der Waals surface area contributed by atoms with Crippen molar-refractivity contribution in [3.63, 3.8) is 0 Å². The zero-order chi connectivity index (χ0) is 21.8. The second-order valence-electron chi connectivity index (χ2n) is 8.08. The first kappa shape index (κ1) is 21.6. The van der Waals surface area contributed by atoms with Crippen molar-refractivity contribution < 1.29 is 19.8 Å². The Morgan fingerprint density at radius 3 is 2.30 bits per heavy atom. The Bertz CT molecular complexity index is 1050. The molecule has 0 aliphatic heterocycles. The highest BCUT2D eigenvalue weighted by atomic mass is 16.4. The maximum absolute atomic E-state index is 12.3. The molecule has 3 aromatic rings. The lowest BCUT2D eigenvalue weighted by Crippen LogP contribution is -2.41. The van der Waals surface area contributed by atoms with Crippen LogP contribution in [0.1, 0.15) is 37.4 Å². The van der Waals surface area contributed by atoms with Crippen molar-refractivity contribution in [2.45, 2.75) is 39.2 Å². The molecule has 0 amide bonds. The lowest BCUT2D eigenvalue weighted by atomic mass is 9.99. The van der Waals surface area contributed by atoms with Gasteiger partial charge in [0.15, 0.2) is 0 Å². The van der Waals surface area contributed by atoms with E-state index in [4.69, 9.17) is 0 Å². The monoisotopic (exact) mass is 408 g/mol. The average molecular weight is 408 g/mol. The minimum Gasteiger partial charge on any atom is -0.481 e. The Morgan fingerprint density at radius 1 is 1.00 bits per heavy atom. The number of nitrogens with zero attached hydrogens (tertiary/aromatic N) is 1. The number of rotatable bonds is 9. The van der Waals surface area contributed by atoms with E-state index in [1.165, 1.54) is 0 Å². The number of carboxylic acid groups (broad SMARTS) is 2. The number of carboxylic acids is 2. The van der Waals surface area contributed by atoms with Gasteiger partial charge in [-0.3, -0.25) is 9.59 Å². The van der Waals surface area contributed by atoms with Gasteiger partial charge in [0.05, 0.1) is 0 Å². The fourth-order valence-corrected chi connectivity index (χ4v) is 3.87. The molecule has 0 aliphatic carbocycles. The molecule has 0 fully saturated rings. The topological polar surface area (TPSA) is 91.6 Å².